The molecular formula is C26H23F7N2O2. The van der Waals surface area contributed by atoms with Crippen LogP contribution in [-0.4, -0.2) is 21.6 Å². The predicted octanol–water partition coefficient (Wildman–Crippen LogP) is 7.99. The number of benzene rings is 2. The van der Waals surface area contributed by atoms with Crippen LogP contribution in [0.1, 0.15) is 55.2 Å². The number of ether oxygens (including phenoxy) is 1. The third-order valence-corrected chi connectivity index (χ3v) is 6.36. The molecule has 0 saturated carbocycles. The molecular weight excluding hydrogens is 505 g/mol. The first kappa shape index (κ1) is 26.6. The molecule has 1 aliphatic rings. The Balaban J connectivity index is 1.70. The van der Waals surface area contributed by atoms with Crippen LogP contribution in [0.5, 0.6) is 0 Å². The Hall–Kier alpha value is -3.50. The summed E-state index contributed by atoms with van der Waals surface area (Å²) in [5, 5.41) is 0. The molecule has 2 atom stereocenters. The van der Waals surface area contributed by atoms with Crippen molar-refractivity contribution in [1.82, 2.24) is 9.47 Å². The number of nitrogens with zero attached hydrogens (tertiary/aromatic N) is 2. The number of halogens is 7. The number of aromatic nitrogens is 1. The van der Waals surface area contributed by atoms with Gasteiger partial charge < -0.3 is 9.30 Å². The van der Waals surface area contributed by atoms with Crippen molar-refractivity contribution in [2.45, 2.75) is 57.9 Å². The van der Waals surface area contributed by atoms with Crippen molar-refractivity contribution in [1.29, 1.82) is 0 Å². The van der Waals surface area contributed by atoms with Gasteiger partial charge in [-0.25, -0.2) is 9.18 Å². The van der Waals surface area contributed by atoms with Gasteiger partial charge in [-0.3, -0.25) is 4.90 Å². The first-order valence-electron chi connectivity index (χ1n) is 11.4. The van der Waals surface area contributed by atoms with Crippen molar-refractivity contribution < 1.29 is 40.3 Å². The maximum absolute atomic E-state index is 14.0. The number of hydrogen-bond acceptors (Lipinski definition) is 2. The molecule has 0 N–H and O–H groups in total. The van der Waals surface area contributed by atoms with E-state index in [9.17, 15) is 35.5 Å². The van der Waals surface area contributed by atoms with Gasteiger partial charge in [-0.15, -0.1) is 0 Å². The summed E-state index contributed by atoms with van der Waals surface area (Å²) in [5.74, 6) is -1.15. The summed E-state index contributed by atoms with van der Waals surface area (Å²) in [4.78, 5) is 13.9. The van der Waals surface area contributed by atoms with Crippen molar-refractivity contribution >= 4 is 6.09 Å². The van der Waals surface area contributed by atoms with E-state index in [2.05, 4.69) is 0 Å². The Morgan fingerprint density at radius 3 is 2.22 bits per heavy atom. The van der Waals surface area contributed by atoms with Crippen molar-refractivity contribution in [2.24, 2.45) is 0 Å². The monoisotopic (exact) mass is 528 g/mol. The largest absolute Gasteiger partial charge is 0.439 e. The zero-order valence-electron chi connectivity index (χ0n) is 20.0. The van der Waals surface area contributed by atoms with Gasteiger partial charge in [0.1, 0.15) is 11.9 Å². The molecule has 1 fully saturated rings. The molecule has 0 aliphatic carbocycles. The topological polar surface area (TPSA) is 34.5 Å². The SMILES string of the molecule is CC(C)n1ccc(-c2ccc(C(F)(F)F)cc2CN2C(=O)O[C@H](c3cc(F)cc(C(F)(F)F)c3)[C@@H]2C)c1. The van der Waals surface area contributed by atoms with Crippen LogP contribution in [0.15, 0.2) is 54.9 Å². The normalized spacial score (nSPS) is 18.6. The van der Waals surface area contributed by atoms with E-state index in [4.69, 9.17) is 4.74 Å². The van der Waals surface area contributed by atoms with E-state index in [1.54, 1.807) is 18.5 Å². The first-order chi connectivity index (χ1) is 17.1. The lowest BCUT2D eigenvalue weighted by atomic mass is 9.97. The number of carbonyl (C=O) groups excluding carboxylic acids is 1. The van der Waals surface area contributed by atoms with Gasteiger partial charge in [0, 0.05) is 18.4 Å². The molecule has 3 aromatic rings. The summed E-state index contributed by atoms with van der Waals surface area (Å²) in [5.41, 5.74) is -1.08. The van der Waals surface area contributed by atoms with Gasteiger partial charge in [0.05, 0.1) is 23.7 Å². The number of hydrogen-bond donors (Lipinski definition) is 0. The Morgan fingerprint density at radius 1 is 0.946 bits per heavy atom. The van der Waals surface area contributed by atoms with Crippen molar-refractivity contribution in [3.8, 4) is 11.1 Å². The molecule has 0 unspecified atom stereocenters. The van der Waals surface area contributed by atoms with Gasteiger partial charge in [0.25, 0.3) is 0 Å². The van der Waals surface area contributed by atoms with E-state index in [0.717, 1.165) is 23.1 Å². The smallest absolute Gasteiger partial charge is 0.416 e. The lowest BCUT2D eigenvalue weighted by Crippen LogP contribution is -2.31. The van der Waals surface area contributed by atoms with Crippen LogP contribution in [0.25, 0.3) is 11.1 Å². The zero-order valence-corrected chi connectivity index (χ0v) is 20.0. The minimum atomic E-state index is -4.82. The highest BCUT2D eigenvalue weighted by atomic mass is 19.4. The maximum atomic E-state index is 14.0. The van der Waals surface area contributed by atoms with Gasteiger partial charge in [0.2, 0.25) is 0 Å². The minimum absolute atomic E-state index is 0.105. The lowest BCUT2D eigenvalue weighted by molar-refractivity contribution is -0.138. The van der Waals surface area contributed by atoms with Gasteiger partial charge in [-0.05, 0) is 79.4 Å². The molecule has 0 bridgehead atoms. The number of amides is 1. The highest BCUT2D eigenvalue weighted by Gasteiger charge is 2.42. The van der Waals surface area contributed by atoms with Crippen LogP contribution in [0, 0.1) is 5.82 Å². The molecule has 1 aliphatic heterocycles. The van der Waals surface area contributed by atoms with Gasteiger partial charge >= 0.3 is 18.4 Å². The van der Waals surface area contributed by atoms with E-state index < -0.39 is 47.5 Å². The fraction of sp³-hybridized carbons (Fsp3) is 0.346. The minimum Gasteiger partial charge on any atom is -0.439 e. The summed E-state index contributed by atoms with van der Waals surface area (Å²) in [6.07, 6.45) is -8.07. The second-order valence-electron chi connectivity index (χ2n) is 9.25. The molecule has 2 heterocycles. The lowest BCUT2D eigenvalue weighted by Gasteiger charge is -2.23. The van der Waals surface area contributed by atoms with Crippen LogP contribution in [0.2, 0.25) is 0 Å². The summed E-state index contributed by atoms with van der Waals surface area (Å²) in [7, 11) is 0. The van der Waals surface area contributed by atoms with Crippen LogP contribution in [0.4, 0.5) is 35.5 Å². The Morgan fingerprint density at radius 2 is 1.62 bits per heavy atom. The second kappa shape index (κ2) is 9.42. The molecule has 11 heteroatoms. The molecule has 37 heavy (non-hydrogen) atoms. The van der Waals surface area contributed by atoms with Crippen LogP contribution in [-0.2, 0) is 23.6 Å². The summed E-state index contributed by atoms with van der Waals surface area (Å²) < 4.78 is 101. The van der Waals surface area contributed by atoms with Crippen LogP contribution < -0.4 is 0 Å². The average molecular weight is 528 g/mol. The van der Waals surface area contributed by atoms with E-state index in [1.165, 1.54) is 13.0 Å². The number of alkyl halides is 6. The van der Waals surface area contributed by atoms with E-state index in [-0.39, 0.29) is 23.7 Å². The highest BCUT2D eigenvalue weighted by Crippen LogP contribution is 2.39. The zero-order chi connectivity index (χ0) is 27.3. The molecule has 1 aromatic heterocycles. The maximum Gasteiger partial charge on any atom is 0.416 e. The standard InChI is InChI=1S/C26H23F7N2O2/c1-14(2)34-7-6-16(12-34)22-5-4-19(25(28,29)30)9-18(22)13-35-15(3)23(37-24(35)36)17-8-20(26(31,32)33)11-21(27)10-17/h4-12,14-15,23H,13H2,1-3H3/t15-,23-/m0/s1. The quantitative estimate of drug-likeness (QED) is 0.315. The van der Waals surface area contributed by atoms with Crippen molar-refractivity contribution in [3.05, 3.63) is 82.9 Å². The Bertz CT molecular complexity index is 1310. The highest BCUT2D eigenvalue weighted by molar-refractivity contribution is 5.73. The molecule has 4 rings (SSSR count). The summed E-state index contributed by atoms with van der Waals surface area (Å²) >= 11 is 0. The third kappa shape index (κ3) is 5.45. The van der Waals surface area contributed by atoms with Crippen molar-refractivity contribution in [2.75, 3.05) is 0 Å². The summed E-state index contributed by atoms with van der Waals surface area (Å²) in [6.45, 7) is 5.06. The molecule has 1 amide bonds. The van der Waals surface area contributed by atoms with E-state index in [1.807, 2.05) is 18.4 Å². The number of carbonyl (C=O) groups is 1. The first-order valence-corrected chi connectivity index (χ1v) is 11.4. The Kier molecular flexibility index (Phi) is 6.76. The third-order valence-electron chi connectivity index (χ3n) is 6.36. The number of cyclic esters (lactones) is 1. The van der Waals surface area contributed by atoms with Crippen LogP contribution >= 0.6 is 0 Å². The van der Waals surface area contributed by atoms with Gasteiger partial charge in [-0.2, -0.15) is 26.3 Å². The molecule has 4 nitrogen and oxygen atoms in total. The van der Waals surface area contributed by atoms with Gasteiger partial charge in [0.15, 0.2) is 0 Å². The predicted molar refractivity (Wildman–Crippen MR) is 121 cm³/mol. The second-order valence-corrected chi connectivity index (χ2v) is 9.25. The van der Waals surface area contributed by atoms with E-state index >= 15 is 0 Å². The summed E-state index contributed by atoms with van der Waals surface area (Å²) in [6, 6.07) is 6.05. The molecule has 198 valence electrons. The molecule has 0 spiro atoms. The molecule has 0 radical (unpaired) electrons. The molecule has 1 saturated heterocycles. The molecule has 2 aromatic carbocycles. The van der Waals surface area contributed by atoms with E-state index in [0.29, 0.717) is 23.3 Å². The number of rotatable bonds is 5. The van der Waals surface area contributed by atoms with Gasteiger partial charge in [-0.1, -0.05) is 6.07 Å². The van der Waals surface area contributed by atoms with Crippen molar-refractivity contribution in [3.63, 3.8) is 0 Å². The average Bonchev–Trinajstić information content (AvgIpc) is 3.38. The Labute approximate surface area is 208 Å². The fourth-order valence-electron chi connectivity index (χ4n) is 4.36. The fourth-order valence-corrected chi connectivity index (χ4v) is 4.36. The van der Waals surface area contributed by atoms with Crippen LogP contribution in [0.3, 0.4) is 0 Å².